The topological polar surface area (TPSA) is 72.4 Å². The van der Waals surface area contributed by atoms with Gasteiger partial charge < -0.3 is 5.01 Å². The highest BCUT2D eigenvalue weighted by Gasteiger charge is 2.36. The summed E-state index contributed by atoms with van der Waals surface area (Å²) in [6.45, 7) is 0. The third kappa shape index (κ3) is 2.77. The highest BCUT2D eigenvalue weighted by molar-refractivity contribution is 6.31. The molecule has 5 nitrogen and oxygen atoms in total. The molecule has 0 aliphatic heterocycles. The van der Waals surface area contributed by atoms with E-state index in [1.54, 1.807) is 0 Å². The first-order valence-electron chi connectivity index (χ1n) is 4.18. The molecule has 1 aromatic rings. The molecule has 0 radical (unpaired) electrons. The van der Waals surface area contributed by atoms with Crippen LogP contribution in [0.1, 0.15) is 5.56 Å². The SMILES string of the molecule is CN(N)c1cc(Cl)c(C(F)(F)F)cc1[N+](=O)[O-]. The Kier molecular flexibility index (Phi) is 3.48. The van der Waals surface area contributed by atoms with E-state index in [0.717, 1.165) is 11.1 Å². The van der Waals surface area contributed by atoms with Crippen LogP contribution < -0.4 is 10.9 Å². The van der Waals surface area contributed by atoms with Gasteiger partial charge in [0.2, 0.25) is 0 Å². The first-order valence-corrected chi connectivity index (χ1v) is 4.56. The highest BCUT2D eigenvalue weighted by atomic mass is 35.5. The lowest BCUT2D eigenvalue weighted by atomic mass is 10.1. The molecule has 2 N–H and O–H groups in total. The van der Waals surface area contributed by atoms with Crippen LogP contribution in [0.2, 0.25) is 5.02 Å². The van der Waals surface area contributed by atoms with E-state index in [0.29, 0.717) is 6.07 Å². The van der Waals surface area contributed by atoms with Crippen LogP contribution in [0.25, 0.3) is 0 Å². The van der Waals surface area contributed by atoms with Crippen molar-refractivity contribution < 1.29 is 18.1 Å². The minimum atomic E-state index is -4.76. The van der Waals surface area contributed by atoms with Crippen molar-refractivity contribution in [2.24, 2.45) is 5.84 Å². The second-order valence-electron chi connectivity index (χ2n) is 3.19. The van der Waals surface area contributed by atoms with Gasteiger partial charge in [-0.1, -0.05) is 11.6 Å². The molecule has 0 aromatic heterocycles. The van der Waals surface area contributed by atoms with Crippen LogP contribution in [0.5, 0.6) is 0 Å². The molecule has 1 rings (SSSR count). The van der Waals surface area contributed by atoms with Gasteiger partial charge in [-0.15, -0.1) is 0 Å². The van der Waals surface area contributed by atoms with Gasteiger partial charge in [0.25, 0.3) is 5.69 Å². The van der Waals surface area contributed by atoms with Gasteiger partial charge in [0.1, 0.15) is 5.69 Å². The molecule has 0 fully saturated rings. The molecule has 9 heteroatoms. The van der Waals surface area contributed by atoms with Gasteiger partial charge in [-0.2, -0.15) is 13.2 Å². The number of hydrogen-bond acceptors (Lipinski definition) is 4. The molecule has 1 aromatic carbocycles. The summed E-state index contributed by atoms with van der Waals surface area (Å²) in [4.78, 5) is 9.68. The number of rotatable bonds is 2. The third-order valence-electron chi connectivity index (χ3n) is 1.95. The Morgan fingerprint density at radius 2 is 2.00 bits per heavy atom. The Morgan fingerprint density at radius 3 is 2.35 bits per heavy atom. The average Bonchev–Trinajstić information content (AvgIpc) is 2.14. The number of nitrogens with zero attached hydrogens (tertiary/aromatic N) is 2. The van der Waals surface area contributed by atoms with Gasteiger partial charge in [0.05, 0.1) is 15.5 Å². The average molecular weight is 270 g/mol. The summed E-state index contributed by atoms with van der Waals surface area (Å²) >= 11 is 5.41. The Labute approximate surface area is 98.7 Å². The lowest BCUT2D eigenvalue weighted by Gasteiger charge is -2.15. The molecular weight excluding hydrogens is 263 g/mol. The zero-order valence-corrected chi connectivity index (χ0v) is 9.21. The molecule has 94 valence electrons. The van der Waals surface area contributed by atoms with E-state index in [4.69, 9.17) is 17.4 Å². The van der Waals surface area contributed by atoms with Gasteiger partial charge in [0.15, 0.2) is 0 Å². The number of benzene rings is 1. The van der Waals surface area contributed by atoms with Crippen LogP contribution in [-0.4, -0.2) is 12.0 Å². The van der Waals surface area contributed by atoms with E-state index in [1.807, 2.05) is 0 Å². The minimum absolute atomic E-state index is 0.201. The van der Waals surface area contributed by atoms with Crippen molar-refractivity contribution >= 4 is 23.0 Å². The second kappa shape index (κ2) is 4.38. The van der Waals surface area contributed by atoms with Crippen LogP contribution in [-0.2, 0) is 6.18 Å². The van der Waals surface area contributed by atoms with Crippen LogP contribution in [0.4, 0.5) is 24.5 Å². The molecular formula is C8H7ClF3N3O2. The molecule has 0 aliphatic carbocycles. The fourth-order valence-electron chi connectivity index (χ4n) is 1.20. The number of nitrogens with two attached hydrogens (primary N) is 1. The lowest BCUT2D eigenvalue weighted by Crippen LogP contribution is -2.26. The molecule has 0 aliphatic rings. The van der Waals surface area contributed by atoms with Crippen molar-refractivity contribution in [1.29, 1.82) is 0 Å². The van der Waals surface area contributed by atoms with Gasteiger partial charge in [0, 0.05) is 13.1 Å². The van der Waals surface area contributed by atoms with Gasteiger partial charge in [-0.3, -0.25) is 10.1 Å². The number of anilines is 1. The predicted octanol–water partition coefficient (Wildman–Crippen LogP) is 2.58. The van der Waals surface area contributed by atoms with Crippen molar-refractivity contribution in [3.63, 3.8) is 0 Å². The fraction of sp³-hybridized carbons (Fsp3) is 0.250. The van der Waals surface area contributed by atoms with E-state index in [9.17, 15) is 23.3 Å². The van der Waals surface area contributed by atoms with E-state index < -0.39 is 27.4 Å². The summed E-state index contributed by atoms with van der Waals surface area (Å²) < 4.78 is 37.4. The summed E-state index contributed by atoms with van der Waals surface area (Å²) in [5.74, 6) is 5.27. The van der Waals surface area contributed by atoms with Crippen molar-refractivity contribution in [1.82, 2.24) is 0 Å². The van der Waals surface area contributed by atoms with Crippen molar-refractivity contribution in [2.75, 3.05) is 12.1 Å². The number of halogens is 4. The number of nitro benzene ring substituents is 1. The molecule has 0 spiro atoms. The highest BCUT2D eigenvalue weighted by Crippen LogP contribution is 2.40. The number of alkyl halides is 3. The summed E-state index contributed by atoms with van der Waals surface area (Å²) in [7, 11) is 1.26. The van der Waals surface area contributed by atoms with Crippen molar-refractivity contribution in [3.8, 4) is 0 Å². The normalized spacial score (nSPS) is 11.4. The maximum atomic E-state index is 12.5. The largest absolute Gasteiger partial charge is 0.418 e. The Hall–Kier alpha value is -1.54. The van der Waals surface area contributed by atoms with E-state index in [2.05, 4.69) is 0 Å². The molecule has 17 heavy (non-hydrogen) atoms. The molecule has 0 saturated carbocycles. The Bertz CT molecular complexity index is 462. The Balaban J connectivity index is 3.51. The first-order chi connectivity index (χ1) is 7.64. The van der Waals surface area contributed by atoms with Crippen molar-refractivity contribution in [3.05, 3.63) is 32.8 Å². The molecule has 0 unspecified atom stereocenters. The summed E-state index contributed by atoms with van der Waals surface area (Å²) in [5, 5.41) is 10.8. The molecule has 0 atom stereocenters. The van der Waals surface area contributed by atoms with E-state index in [-0.39, 0.29) is 5.69 Å². The number of hydrogen-bond donors (Lipinski definition) is 1. The smallest absolute Gasteiger partial charge is 0.308 e. The summed E-state index contributed by atoms with van der Waals surface area (Å²) in [5.41, 5.74) is -2.23. The van der Waals surface area contributed by atoms with Crippen molar-refractivity contribution in [2.45, 2.75) is 6.18 Å². The quantitative estimate of drug-likeness (QED) is 0.509. The summed E-state index contributed by atoms with van der Waals surface area (Å²) in [6, 6.07) is 1.17. The molecule has 0 saturated heterocycles. The Morgan fingerprint density at radius 1 is 1.47 bits per heavy atom. The standard InChI is InChI=1S/C8H7ClF3N3O2/c1-14(13)6-3-5(9)4(8(10,11)12)2-7(6)15(16)17/h2-3H,13H2,1H3. The van der Waals surface area contributed by atoms with Gasteiger partial charge in [-0.25, -0.2) is 5.84 Å². The molecule has 0 heterocycles. The molecule has 0 amide bonds. The second-order valence-corrected chi connectivity index (χ2v) is 3.59. The van der Waals surface area contributed by atoms with Gasteiger partial charge >= 0.3 is 6.18 Å². The van der Waals surface area contributed by atoms with Crippen LogP contribution in [0.3, 0.4) is 0 Å². The first kappa shape index (κ1) is 13.5. The third-order valence-corrected chi connectivity index (χ3v) is 2.26. The molecule has 0 bridgehead atoms. The van der Waals surface area contributed by atoms with Crippen LogP contribution in [0, 0.1) is 10.1 Å². The lowest BCUT2D eigenvalue weighted by molar-refractivity contribution is -0.384. The maximum Gasteiger partial charge on any atom is 0.418 e. The number of hydrazine groups is 1. The number of nitro groups is 1. The summed E-state index contributed by atoms with van der Waals surface area (Å²) in [6.07, 6.45) is -4.76. The zero-order valence-electron chi connectivity index (χ0n) is 8.45. The minimum Gasteiger partial charge on any atom is -0.308 e. The predicted molar refractivity (Wildman–Crippen MR) is 55.7 cm³/mol. The fourth-order valence-corrected chi connectivity index (χ4v) is 1.46. The van der Waals surface area contributed by atoms with Gasteiger partial charge in [-0.05, 0) is 6.07 Å². The van der Waals surface area contributed by atoms with E-state index >= 15 is 0 Å². The van der Waals surface area contributed by atoms with Crippen LogP contribution >= 0.6 is 11.6 Å². The maximum absolute atomic E-state index is 12.5. The zero-order chi connectivity index (χ0) is 13.4. The van der Waals surface area contributed by atoms with E-state index in [1.165, 1.54) is 7.05 Å². The monoisotopic (exact) mass is 269 g/mol. The van der Waals surface area contributed by atoms with Crippen LogP contribution in [0.15, 0.2) is 12.1 Å².